The SMILES string of the molecule is CCCN(CCO)C(=O)COc1ccc(Cl)c(C)c1. The molecule has 1 amide bonds. The minimum Gasteiger partial charge on any atom is -0.484 e. The van der Waals surface area contributed by atoms with Crippen LogP contribution in [-0.4, -0.2) is 42.2 Å². The van der Waals surface area contributed by atoms with Crippen molar-refractivity contribution in [1.29, 1.82) is 0 Å². The number of hydrogen-bond donors (Lipinski definition) is 1. The van der Waals surface area contributed by atoms with Gasteiger partial charge in [0.25, 0.3) is 5.91 Å². The molecule has 0 bridgehead atoms. The van der Waals surface area contributed by atoms with Gasteiger partial charge in [-0.15, -0.1) is 0 Å². The Labute approximate surface area is 118 Å². The van der Waals surface area contributed by atoms with Crippen LogP contribution in [0.4, 0.5) is 0 Å². The van der Waals surface area contributed by atoms with Gasteiger partial charge in [0, 0.05) is 18.1 Å². The highest BCUT2D eigenvalue weighted by molar-refractivity contribution is 6.31. The molecule has 0 aliphatic heterocycles. The van der Waals surface area contributed by atoms with E-state index >= 15 is 0 Å². The average Bonchev–Trinajstić information content (AvgIpc) is 2.39. The first-order valence-corrected chi connectivity index (χ1v) is 6.73. The van der Waals surface area contributed by atoms with Crippen LogP contribution in [0.5, 0.6) is 5.75 Å². The molecule has 0 fully saturated rings. The van der Waals surface area contributed by atoms with Gasteiger partial charge in [0.1, 0.15) is 5.75 Å². The summed E-state index contributed by atoms with van der Waals surface area (Å²) >= 11 is 5.92. The van der Waals surface area contributed by atoms with E-state index in [9.17, 15) is 4.79 Å². The average molecular weight is 286 g/mol. The van der Waals surface area contributed by atoms with E-state index in [2.05, 4.69) is 0 Å². The van der Waals surface area contributed by atoms with Gasteiger partial charge < -0.3 is 14.7 Å². The van der Waals surface area contributed by atoms with Crippen molar-refractivity contribution in [2.24, 2.45) is 0 Å². The van der Waals surface area contributed by atoms with E-state index in [1.54, 1.807) is 23.1 Å². The summed E-state index contributed by atoms with van der Waals surface area (Å²) in [6.07, 6.45) is 0.853. The zero-order valence-electron chi connectivity index (χ0n) is 11.4. The number of halogens is 1. The van der Waals surface area contributed by atoms with Gasteiger partial charge in [0.2, 0.25) is 0 Å². The van der Waals surface area contributed by atoms with Crippen molar-refractivity contribution < 1.29 is 14.6 Å². The second-order valence-electron chi connectivity index (χ2n) is 4.30. The van der Waals surface area contributed by atoms with Gasteiger partial charge in [-0.05, 0) is 37.1 Å². The highest BCUT2D eigenvalue weighted by atomic mass is 35.5. The first-order valence-electron chi connectivity index (χ1n) is 6.36. The van der Waals surface area contributed by atoms with Crippen molar-refractivity contribution in [3.63, 3.8) is 0 Å². The summed E-state index contributed by atoms with van der Waals surface area (Å²) in [6.45, 7) is 4.78. The van der Waals surface area contributed by atoms with Crippen molar-refractivity contribution in [3.8, 4) is 5.75 Å². The predicted octanol–water partition coefficient (Wildman–Crippen LogP) is 2.26. The number of carbonyl (C=O) groups excluding carboxylic acids is 1. The number of aryl methyl sites for hydroxylation is 1. The van der Waals surface area contributed by atoms with E-state index in [0.29, 0.717) is 23.9 Å². The van der Waals surface area contributed by atoms with E-state index in [1.165, 1.54) is 0 Å². The van der Waals surface area contributed by atoms with E-state index < -0.39 is 0 Å². The number of benzene rings is 1. The molecular formula is C14H20ClNO3. The molecular weight excluding hydrogens is 266 g/mol. The van der Waals surface area contributed by atoms with Crippen molar-refractivity contribution in [3.05, 3.63) is 28.8 Å². The van der Waals surface area contributed by atoms with Gasteiger partial charge in [-0.1, -0.05) is 18.5 Å². The van der Waals surface area contributed by atoms with Crippen molar-refractivity contribution in [1.82, 2.24) is 4.90 Å². The normalized spacial score (nSPS) is 10.3. The third-order valence-corrected chi connectivity index (χ3v) is 3.13. The van der Waals surface area contributed by atoms with Crippen molar-refractivity contribution in [2.45, 2.75) is 20.3 Å². The molecule has 5 heteroatoms. The lowest BCUT2D eigenvalue weighted by Gasteiger charge is -2.21. The Morgan fingerprint density at radius 2 is 2.16 bits per heavy atom. The quantitative estimate of drug-likeness (QED) is 0.836. The van der Waals surface area contributed by atoms with Crippen LogP contribution in [0, 0.1) is 6.92 Å². The largest absolute Gasteiger partial charge is 0.484 e. The molecule has 0 aliphatic rings. The third-order valence-electron chi connectivity index (χ3n) is 2.71. The highest BCUT2D eigenvalue weighted by Crippen LogP contribution is 2.20. The summed E-state index contributed by atoms with van der Waals surface area (Å²) in [5.41, 5.74) is 0.910. The van der Waals surface area contributed by atoms with Crippen molar-refractivity contribution in [2.75, 3.05) is 26.3 Å². The Kier molecular flexibility index (Phi) is 6.67. The summed E-state index contributed by atoms with van der Waals surface area (Å²) in [5.74, 6) is 0.499. The maximum atomic E-state index is 11.9. The van der Waals surface area contributed by atoms with Gasteiger partial charge in [-0.2, -0.15) is 0 Å². The van der Waals surface area contributed by atoms with Crippen LogP contribution >= 0.6 is 11.6 Å². The second-order valence-corrected chi connectivity index (χ2v) is 4.71. The fourth-order valence-electron chi connectivity index (χ4n) is 1.70. The Morgan fingerprint density at radius 3 is 2.74 bits per heavy atom. The van der Waals surface area contributed by atoms with Crippen molar-refractivity contribution >= 4 is 17.5 Å². The number of aliphatic hydroxyl groups is 1. The summed E-state index contributed by atoms with van der Waals surface area (Å²) < 4.78 is 5.45. The molecule has 0 aromatic heterocycles. The van der Waals surface area contributed by atoms with E-state index in [4.69, 9.17) is 21.4 Å². The lowest BCUT2D eigenvalue weighted by molar-refractivity contribution is -0.133. The molecule has 0 unspecified atom stereocenters. The molecule has 0 saturated heterocycles. The fraction of sp³-hybridized carbons (Fsp3) is 0.500. The maximum absolute atomic E-state index is 11.9. The molecule has 1 aromatic carbocycles. The second kappa shape index (κ2) is 8.02. The van der Waals surface area contributed by atoms with Crippen LogP contribution in [-0.2, 0) is 4.79 Å². The van der Waals surface area contributed by atoms with Gasteiger partial charge in [-0.3, -0.25) is 4.79 Å². The minimum atomic E-state index is -0.122. The lowest BCUT2D eigenvalue weighted by Crippen LogP contribution is -2.37. The van der Waals surface area contributed by atoms with Crippen LogP contribution in [0.2, 0.25) is 5.02 Å². The Balaban J connectivity index is 2.54. The fourth-order valence-corrected chi connectivity index (χ4v) is 1.81. The molecule has 0 radical (unpaired) electrons. The molecule has 19 heavy (non-hydrogen) atoms. The van der Waals surface area contributed by atoms with Crippen LogP contribution in [0.3, 0.4) is 0 Å². The van der Waals surface area contributed by atoms with Crippen LogP contribution in [0.1, 0.15) is 18.9 Å². The molecule has 0 aliphatic carbocycles. The van der Waals surface area contributed by atoms with Gasteiger partial charge in [-0.25, -0.2) is 0 Å². The third kappa shape index (κ3) is 5.09. The van der Waals surface area contributed by atoms with Gasteiger partial charge >= 0.3 is 0 Å². The number of amides is 1. The monoisotopic (exact) mass is 285 g/mol. The molecule has 0 heterocycles. The summed E-state index contributed by atoms with van der Waals surface area (Å²) in [6, 6.07) is 5.28. The Hall–Kier alpha value is -1.26. The van der Waals surface area contributed by atoms with Crippen LogP contribution in [0.25, 0.3) is 0 Å². The van der Waals surface area contributed by atoms with Gasteiger partial charge in [0.15, 0.2) is 6.61 Å². The molecule has 1 rings (SSSR count). The molecule has 0 saturated carbocycles. The summed E-state index contributed by atoms with van der Waals surface area (Å²) in [4.78, 5) is 13.5. The number of ether oxygens (including phenoxy) is 1. The summed E-state index contributed by atoms with van der Waals surface area (Å²) in [7, 11) is 0. The zero-order valence-corrected chi connectivity index (χ0v) is 12.1. The smallest absolute Gasteiger partial charge is 0.260 e. The zero-order chi connectivity index (χ0) is 14.3. The summed E-state index contributed by atoms with van der Waals surface area (Å²) in [5, 5.41) is 9.59. The number of carbonyl (C=O) groups is 1. The number of nitrogens with zero attached hydrogens (tertiary/aromatic N) is 1. The first kappa shape index (κ1) is 15.8. The van der Waals surface area contributed by atoms with Crippen LogP contribution in [0.15, 0.2) is 18.2 Å². The molecule has 0 atom stereocenters. The van der Waals surface area contributed by atoms with E-state index in [0.717, 1.165) is 12.0 Å². The molecule has 106 valence electrons. The molecule has 1 aromatic rings. The van der Waals surface area contributed by atoms with Gasteiger partial charge in [0.05, 0.1) is 6.61 Å². The number of rotatable bonds is 7. The predicted molar refractivity (Wildman–Crippen MR) is 75.6 cm³/mol. The van der Waals surface area contributed by atoms with E-state index in [-0.39, 0.29) is 19.1 Å². The first-order chi connectivity index (χ1) is 9.08. The number of aliphatic hydroxyl groups excluding tert-OH is 1. The molecule has 1 N–H and O–H groups in total. The molecule has 0 spiro atoms. The van der Waals surface area contributed by atoms with Crippen LogP contribution < -0.4 is 4.74 Å². The minimum absolute atomic E-state index is 0.0267. The standard InChI is InChI=1S/C14H20ClNO3/c1-3-6-16(7-8-17)14(18)10-19-12-4-5-13(15)11(2)9-12/h4-5,9,17H,3,6-8,10H2,1-2H3. The molecule has 4 nitrogen and oxygen atoms in total. The lowest BCUT2D eigenvalue weighted by atomic mass is 10.2. The van der Waals surface area contributed by atoms with E-state index in [1.807, 2.05) is 13.8 Å². The topological polar surface area (TPSA) is 49.8 Å². The Bertz CT molecular complexity index is 417. The highest BCUT2D eigenvalue weighted by Gasteiger charge is 2.12. The number of hydrogen-bond acceptors (Lipinski definition) is 3. The Morgan fingerprint density at radius 1 is 1.42 bits per heavy atom. The maximum Gasteiger partial charge on any atom is 0.260 e.